The van der Waals surface area contributed by atoms with Gasteiger partial charge in [-0.05, 0) is 93.3 Å². The minimum atomic E-state index is 0.0935. The zero-order valence-corrected chi connectivity index (χ0v) is 19.9. The van der Waals surface area contributed by atoms with Crippen LogP contribution in [-0.2, 0) is 0 Å². The van der Waals surface area contributed by atoms with Crippen molar-refractivity contribution in [1.29, 1.82) is 0 Å². The normalized spacial score (nSPS) is 11.8. The molecule has 0 amide bonds. The van der Waals surface area contributed by atoms with Crippen LogP contribution in [0.15, 0.2) is 57.9 Å². The molecule has 5 nitrogen and oxygen atoms in total. The summed E-state index contributed by atoms with van der Waals surface area (Å²) in [6.07, 6.45) is 0. The topological polar surface area (TPSA) is 64.2 Å². The predicted molar refractivity (Wildman–Crippen MR) is 132 cm³/mol. The van der Waals surface area contributed by atoms with Crippen LogP contribution < -0.4 is 14.8 Å². The highest BCUT2D eigenvalue weighted by molar-refractivity contribution is 5.93. The van der Waals surface area contributed by atoms with E-state index in [-0.39, 0.29) is 5.75 Å². The molecule has 0 bridgehead atoms. The Morgan fingerprint density at radius 2 is 1.48 bits per heavy atom. The third-order valence-corrected chi connectivity index (χ3v) is 5.61. The van der Waals surface area contributed by atoms with Crippen LogP contribution in [0.1, 0.15) is 29.6 Å². The van der Waals surface area contributed by atoms with Crippen molar-refractivity contribution >= 4 is 16.5 Å². The van der Waals surface area contributed by atoms with Crippen LogP contribution in [0.5, 0.6) is 17.2 Å². The molecule has 33 heavy (non-hydrogen) atoms. The molecule has 0 unspecified atom stereocenters. The van der Waals surface area contributed by atoms with Crippen LogP contribution in [0.3, 0.4) is 0 Å². The van der Waals surface area contributed by atoms with E-state index in [1.54, 1.807) is 13.2 Å². The molecule has 0 aliphatic rings. The third-order valence-electron chi connectivity index (χ3n) is 5.61. The second-order valence-electron chi connectivity index (χ2n) is 8.24. The van der Waals surface area contributed by atoms with E-state index < -0.39 is 0 Å². The Morgan fingerprint density at radius 3 is 2.15 bits per heavy atom. The lowest BCUT2D eigenvalue weighted by Gasteiger charge is -2.07. The Balaban J connectivity index is 2.14. The number of hydrogen-bond donors (Lipinski definition) is 1. The number of aryl methyl sites for hydroxylation is 4. The van der Waals surface area contributed by atoms with Crippen molar-refractivity contribution in [2.75, 3.05) is 13.7 Å². The zero-order valence-electron chi connectivity index (χ0n) is 19.9. The molecule has 4 rings (SSSR count). The summed E-state index contributed by atoms with van der Waals surface area (Å²) in [6, 6.07) is 15.6. The van der Waals surface area contributed by atoms with E-state index in [1.165, 1.54) is 0 Å². The van der Waals surface area contributed by atoms with Crippen molar-refractivity contribution in [3.8, 4) is 28.4 Å². The Bertz CT molecular complexity index is 1400. The number of methoxy groups -OCH3 is 1. The fraction of sp³-hybridized carbons (Fsp3) is 0.250. The van der Waals surface area contributed by atoms with Gasteiger partial charge in [0, 0.05) is 0 Å². The summed E-state index contributed by atoms with van der Waals surface area (Å²) in [5.74, 6) is 2.80. The van der Waals surface area contributed by atoms with Crippen molar-refractivity contribution in [2.45, 2.75) is 34.6 Å². The average Bonchev–Trinajstić information content (AvgIpc) is 2.95. The number of fused-ring (bicyclic) bond motifs is 1. The highest BCUT2D eigenvalue weighted by atomic mass is 16.5. The van der Waals surface area contributed by atoms with E-state index >= 15 is 0 Å². The van der Waals surface area contributed by atoms with Crippen LogP contribution >= 0.6 is 0 Å². The van der Waals surface area contributed by atoms with Gasteiger partial charge in [0.05, 0.1) is 35.5 Å². The average molecular weight is 444 g/mol. The van der Waals surface area contributed by atoms with Crippen LogP contribution in [0.2, 0.25) is 0 Å². The van der Waals surface area contributed by atoms with E-state index in [4.69, 9.17) is 18.9 Å². The summed E-state index contributed by atoms with van der Waals surface area (Å²) < 4.78 is 17.4. The maximum absolute atomic E-state index is 10.1. The maximum atomic E-state index is 10.1. The largest absolute Gasteiger partial charge is 0.504 e. The monoisotopic (exact) mass is 443 g/mol. The van der Waals surface area contributed by atoms with Crippen molar-refractivity contribution in [1.82, 2.24) is 0 Å². The molecule has 0 aliphatic heterocycles. The van der Waals surface area contributed by atoms with Gasteiger partial charge in [0.25, 0.3) is 0 Å². The summed E-state index contributed by atoms with van der Waals surface area (Å²) >= 11 is 0. The molecular formula is C28H29NO4. The van der Waals surface area contributed by atoms with Gasteiger partial charge >= 0.3 is 0 Å². The van der Waals surface area contributed by atoms with Gasteiger partial charge in [-0.25, -0.2) is 4.99 Å². The molecule has 5 heteroatoms. The van der Waals surface area contributed by atoms with Crippen LogP contribution in [0, 0.1) is 27.7 Å². The summed E-state index contributed by atoms with van der Waals surface area (Å²) in [7, 11) is 1.54. The van der Waals surface area contributed by atoms with Gasteiger partial charge in [0.1, 0.15) is 17.3 Å². The first-order valence-corrected chi connectivity index (χ1v) is 11.0. The summed E-state index contributed by atoms with van der Waals surface area (Å²) in [6.45, 7) is 10.5. The molecule has 1 heterocycles. The highest BCUT2D eigenvalue weighted by Gasteiger charge is 2.16. The first-order chi connectivity index (χ1) is 15.8. The number of furan rings is 1. The second kappa shape index (κ2) is 9.02. The second-order valence-corrected chi connectivity index (χ2v) is 8.24. The SMILES string of the molecule is CCOc1cc(-c2ccc(O)c(OC)c2)cc(=Nc2cc(C)cc(C)c2)c2c(C)oc(C)c12. The van der Waals surface area contributed by atoms with Gasteiger partial charge in [-0.15, -0.1) is 0 Å². The number of rotatable bonds is 5. The summed E-state index contributed by atoms with van der Waals surface area (Å²) in [5.41, 5.74) is 4.97. The number of phenols is 1. The van der Waals surface area contributed by atoms with Gasteiger partial charge in [-0.3, -0.25) is 0 Å². The van der Waals surface area contributed by atoms with Gasteiger partial charge in [0.2, 0.25) is 0 Å². The predicted octanol–water partition coefficient (Wildman–Crippen LogP) is 6.68. The van der Waals surface area contributed by atoms with E-state index in [2.05, 4.69) is 32.0 Å². The van der Waals surface area contributed by atoms with Crippen LogP contribution in [-0.4, -0.2) is 18.8 Å². The van der Waals surface area contributed by atoms with Crippen molar-refractivity contribution in [3.63, 3.8) is 0 Å². The smallest absolute Gasteiger partial charge is 0.161 e. The van der Waals surface area contributed by atoms with Crippen LogP contribution in [0.25, 0.3) is 21.9 Å². The van der Waals surface area contributed by atoms with E-state index in [0.717, 1.165) is 61.3 Å². The molecule has 0 saturated carbocycles. The van der Waals surface area contributed by atoms with Gasteiger partial charge in [-0.2, -0.15) is 0 Å². The molecule has 4 aromatic rings. The Kier molecular flexibility index (Phi) is 6.14. The lowest BCUT2D eigenvalue weighted by molar-refractivity contribution is 0.344. The third kappa shape index (κ3) is 4.44. The van der Waals surface area contributed by atoms with Crippen molar-refractivity contribution in [3.05, 3.63) is 76.5 Å². The Morgan fingerprint density at radius 1 is 0.818 bits per heavy atom. The number of hydrogen-bond acceptors (Lipinski definition) is 5. The van der Waals surface area contributed by atoms with Gasteiger partial charge in [0.15, 0.2) is 11.5 Å². The van der Waals surface area contributed by atoms with Crippen molar-refractivity contribution in [2.24, 2.45) is 4.99 Å². The summed E-state index contributed by atoms with van der Waals surface area (Å²) in [4.78, 5) is 5.06. The zero-order chi connectivity index (χ0) is 23.7. The molecule has 170 valence electrons. The Labute approximate surface area is 194 Å². The van der Waals surface area contributed by atoms with Gasteiger partial charge < -0.3 is 19.0 Å². The molecule has 0 saturated heterocycles. The minimum absolute atomic E-state index is 0.0935. The quantitative estimate of drug-likeness (QED) is 0.374. The molecule has 0 radical (unpaired) electrons. The van der Waals surface area contributed by atoms with Crippen molar-refractivity contribution < 1.29 is 19.0 Å². The van der Waals surface area contributed by atoms with E-state index in [9.17, 15) is 5.11 Å². The molecule has 0 aliphatic carbocycles. The van der Waals surface area contributed by atoms with Gasteiger partial charge in [-0.1, -0.05) is 12.1 Å². The first kappa shape index (κ1) is 22.5. The van der Waals surface area contributed by atoms with E-state index in [1.807, 2.05) is 45.0 Å². The number of phenolic OH excluding ortho intramolecular Hbond substituents is 1. The Hall–Kier alpha value is -3.73. The molecule has 3 aromatic carbocycles. The van der Waals surface area contributed by atoms with E-state index in [0.29, 0.717) is 12.4 Å². The molecular weight excluding hydrogens is 414 g/mol. The highest BCUT2D eigenvalue weighted by Crippen LogP contribution is 2.36. The molecule has 0 fully saturated rings. The van der Waals surface area contributed by atoms with Crippen LogP contribution in [0.4, 0.5) is 5.69 Å². The molecule has 1 N–H and O–H groups in total. The number of nitrogens with zero attached hydrogens (tertiary/aromatic N) is 1. The number of aromatic hydroxyl groups is 1. The fourth-order valence-corrected chi connectivity index (χ4v) is 4.30. The molecule has 0 atom stereocenters. The number of ether oxygens (including phenoxy) is 2. The number of benzene rings is 2. The maximum Gasteiger partial charge on any atom is 0.161 e. The summed E-state index contributed by atoms with van der Waals surface area (Å²) in [5, 5.41) is 12.7. The standard InChI is InChI=1S/C28H29NO4/c1-7-32-26-15-21(20-8-9-24(30)25(14-20)31-6)13-23(27-18(4)33-19(5)28(26)27)29-22-11-16(2)10-17(3)12-22/h8-15,30H,7H2,1-6H3. The lowest BCUT2D eigenvalue weighted by Crippen LogP contribution is -2.00. The first-order valence-electron chi connectivity index (χ1n) is 11.0. The lowest BCUT2D eigenvalue weighted by atomic mass is 10.1. The molecule has 0 spiro atoms. The fourth-order valence-electron chi connectivity index (χ4n) is 4.30. The minimum Gasteiger partial charge on any atom is -0.504 e. The molecule has 1 aromatic heterocycles.